The molecule has 2 aromatic rings. The van der Waals surface area contributed by atoms with Gasteiger partial charge in [0.05, 0.1) is 17.9 Å². The second-order valence-electron chi connectivity index (χ2n) is 4.50. The van der Waals surface area contributed by atoms with Crippen LogP contribution in [-0.4, -0.2) is 20.1 Å². The molecule has 1 amide bonds. The molecule has 0 spiro atoms. The molecule has 0 saturated carbocycles. The minimum Gasteiger partial charge on any atom is -0.385 e. The summed E-state index contributed by atoms with van der Waals surface area (Å²) in [6.45, 7) is 0.464. The Hall–Kier alpha value is -2.40. The zero-order valence-electron chi connectivity index (χ0n) is 11.9. The van der Waals surface area contributed by atoms with Crippen molar-refractivity contribution < 1.29 is 13.9 Å². The van der Waals surface area contributed by atoms with Crippen LogP contribution in [0, 0.1) is 5.82 Å². The van der Waals surface area contributed by atoms with E-state index in [2.05, 4.69) is 10.6 Å². The van der Waals surface area contributed by atoms with E-state index in [1.807, 2.05) is 18.2 Å². The number of benzene rings is 2. The lowest BCUT2D eigenvalue weighted by molar-refractivity contribution is 0.102. The van der Waals surface area contributed by atoms with E-state index in [1.165, 1.54) is 12.1 Å². The van der Waals surface area contributed by atoms with Gasteiger partial charge in [-0.1, -0.05) is 18.2 Å². The first-order valence-electron chi connectivity index (χ1n) is 6.51. The topological polar surface area (TPSA) is 50.4 Å². The van der Waals surface area contributed by atoms with Crippen LogP contribution in [0.4, 0.5) is 15.8 Å². The number of amides is 1. The Labute approximate surface area is 122 Å². The minimum absolute atomic E-state index is 0.183. The summed E-state index contributed by atoms with van der Waals surface area (Å²) in [5.74, 6) is -0.827. The van der Waals surface area contributed by atoms with E-state index in [9.17, 15) is 9.18 Å². The fraction of sp³-hybridized carbons (Fsp3) is 0.188. The third-order valence-corrected chi connectivity index (χ3v) is 3.00. The third kappa shape index (κ3) is 3.58. The number of halogens is 1. The van der Waals surface area contributed by atoms with Crippen molar-refractivity contribution in [2.75, 3.05) is 24.8 Å². The fourth-order valence-electron chi connectivity index (χ4n) is 2.07. The Balaban J connectivity index is 2.22. The number of carbonyl (C=O) groups excluding carboxylic acids is 1. The first kappa shape index (κ1) is 15.0. The minimum atomic E-state index is -0.460. The van der Waals surface area contributed by atoms with Gasteiger partial charge in [-0.05, 0) is 29.8 Å². The fourth-order valence-corrected chi connectivity index (χ4v) is 2.07. The molecule has 2 aromatic carbocycles. The molecular formula is C16H17FN2O2. The Kier molecular flexibility index (Phi) is 4.90. The van der Waals surface area contributed by atoms with Crippen LogP contribution in [0.25, 0.3) is 0 Å². The van der Waals surface area contributed by atoms with Crippen molar-refractivity contribution in [2.45, 2.75) is 6.61 Å². The number of rotatable bonds is 5. The quantitative estimate of drug-likeness (QED) is 0.888. The number of anilines is 2. The lowest BCUT2D eigenvalue weighted by atomic mass is 10.1. The summed E-state index contributed by atoms with van der Waals surface area (Å²) < 4.78 is 18.7. The molecule has 4 nitrogen and oxygen atoms in total. The van der Waals surface area contributed by atoms with Gasteiger partial charge in [-0.15, -0.1) is 0 Å². The maximum absolute atomic E-state index is 13.7. The monoisotopic (exact) mass is 288 g/mol. The van der Waals surface area contributed by atoms with Gasteiger partial charge in [0.2, 0.25) is 0 Å². The van der Waals surface area contributed by atoms with Crippen molar-refractivity contribution in [3.05, 3.63) is 59.4 Å². The summed E-state index contributed by atoms with van der Waals surface area (Å²) in [7, 11) is 3.19. The average Bonchev–Trinajstić information content (AvgIpc) is 2.47. The zero-order valence-corrected chi connectivity index (χ0v) is 11.9. The molecule has 5 heteroatoms. The van der Waals surface area contributed by atoms with Gasteiger partial charge in [-0.25, -0.2) is 4.39 Å². The highest BCUT2D eigenvalue weighted by molar-refractivity contribution is 6.08. The molecule has 0 fully saturated rings. The maximum Gasteiger partial charge on any atom is 0.257 e. The number of para-hydroxylation sites is 1. The number of ether oxygens (including phenoxy) is 1. The van der Waals surface area contributed by atoms with E-state index in [0.29, 0.717) is 12.3 Å². The van der Waals surface area contributed by atoms with Crippen molar-refractivity contribution in [3.63, 3.8) is 0 Å². The second-order valence-corrected chi connectivity index (χ2v) is 4.50. The van der Waals surface area contributed by atoms with Crippen molar-refractivity contribution in [2.24, 2.45) is 0 Å². The first-order valence-corrected chi connectivity index (χ1v) is 6.51. The first-order chi connectivity index (χ1) is 10.2. The van der Waals surface area contributed by atoms with Crippen molar-refractivity contribution >= 4 is 17.3 Å². The molecule has 0 aromatic heterocycles. The lowest BCUT2D eigenvalue weighted by Gasteiger charge is -2.11. The molecule has 0 saturated heterocycles. The molecule has 110 valence electrons. The van der Waals surface area contributed by atoms with Gasteiger partial charge >= 0.3 is 0 Å². The standard InChI is InChI=1S/C16H17FN2O2/c1-18-15-13(7-4-8-14(15)17)16(20)19-12-6-3-5-11(9-12)10-21-2/h3-9,18H,10H2,1-2H3,(H,19,20). The summed E-state index contributed by atoms with van der Waals surface area (Å²) in [5.41, 5.74) is 2.03. The molecule has 0 heterocycles. The van der Waals surface area contributed by atoms with E-state index >= 15 is 0 Å². The van der Waals surface area contributed by atoms with E-state index in [1.54, 1.807) is 26.3 Å². The summed E-state index contributed by atoms with van der Waals surface area (Å²) in [5, 5.41) is 5.46. The van der Waals surface area contributed by atoms with Crippen molar-refractivity contribution in [3.8, 4) is 0 Å². The Morgan fingerprint density at radius 2 is 2.00 bits per heavy atom. The largest absolute Gasteiger partial charge is 0.385 e. The Morgan fingerprint density at radius 1 is 1.24 bits per heavy atom. The predicted molar refractivity (Wildman–Crippen MR) is 81.1 cm³/mol. The molecule has 2 rings (SSSR count). The van der Waals surface area contributed by atoms with Crippen LogP contribution in [0.3, 0.4) is 0 Å². The Bertz CT molecular complexity index is 644. The summed E-state index contributed by atoms with van der Waals surface area (Å²) in [4.78, 5) is 12.3. The van der Waals surface area contributed by atoms with Gasteiger partial charge < -0.3 is 15.4 Å². The van der Waals surface area contributed by atoms with Gasteiger partial charge in [0, 0.05) is 19.8 Å². The van der Waals surface area contributed by atoms with Crippen LogP contribution in [-0.2, 0) is 11.3 Å². The number of carbonyl (C=O) groups is 1. The molecule has 0 aliphatic carbocycles. The van der Waals surface area contributed by atoms with Crippen LogP contribution in [0.5, 0.6) is 0 Å². The molecule has 0 radical (unpaired) electrons. The van der Waals surface area contributed by atoms with Crippen molar-refractivity contribution in [1.82, 2.24) is 0 Å². The highest BCUT2D eigenvalue weighted by atomic mass is 19.1. The van der Waals surface area contributed by atoms with Crippen LogP contribution >= 0.6 is 0 Å². The van der Waals surface area contributed by atoms with Gasteiger partial charge in [0.1, 0.15) is 5.82 Å². The maximum atomic E-state index is 13.7. The SMILES string of the molecule is CNc1c(F)cccc1C(=O)Nc1cccc(COC)c1. The van der Waals surface area contributed by atoms with E-state index in [0.717, 1.165) is 5.56 Å². The molecule has 0 unspecified atom stereocenters. The van der Waals surface area contributed by atoms with Gasteiger partial charge in [-0.2, -0.15) is 0 Å². The molecule has 0 bridgehead atoms. The predicted octanol–water partition coefficient (Wildman–Crippen LogP) is 3.27. The smallest absolute Gasteiger partial charge is 0.257 e. The van der Waals surface area contributed by atoms with Gasteiger partial charge in [0.25, 0.3) is 5.91 Å². The zero-order chi connectivity index (χ0) is 15.2. The normalized spacial score (nSPS) is 10.2. The van der Waals surface area contributed by atoms with Crippen molar-refractivity contribution in [1.29, 1.82) is 0 Å². The van der Waals surface area contributed by atoms with Crippen LogP contribution in [0.15, 0.2) is 42.5 Å². The highest BCUT2D eigenvalue weighted by Gasteiger charge is 2.14. The molecular weight excluding hydrogens is 271 g/mol. The summed E-state index contributed by atoms with van der Waals surface area (Å²) in [6, 6.07) is 11.7. The lowest BCUT2D eigenvalue weighted by Crippen LogP contribution is -2.15. The molecule has 0 aliphatic rings. The average molecular weight is 288 g/mol. The summed E-state index contributed by atoms with van der Waals surface area (Å²) in [6.07, 6.45) is 0. The van der Waals surface area contributed by atoms with Gasteiger partial charge in [-0.3, -0.25) is 4.79 Å². The highest BCUT2D eigenvalue weighted by Crippen LogP contribution is 2.21. The summed E-state index contributed by atoms with van der Waals surface area (Å²) >= 11 is 0. The number of hydrogen-bond donors (Lipinski definition) is 2. The molecule has 0 atom stereocenters. The van der Waals surface area contributed by atoms with Crippen LogP contribution in [0.2, 0.25) is 0 Å². The van der Waals surface area contributed by atoms with E-state index in [-0.39, 0.29) is 17.2 Å². The molecule has 21 heavy (non-hydrogen) atoms. The Morgan fingerprint density at radius 3 is 2.71 bits per heavy atom. The van der Waals surface area contributed by atoms with Crippen LogP contribution in [0.1, 0.15) is 15.9 Å². The molecule has 0 aliphatic heterocycles. The van der Waals surface area contributed by atoms with E-state index in [4.69, 9.17) is 4.74 Å². The van der Waals surface area contributed by atoms with Gasteiger partial charge in [0.15, 0.2) is 0 Å². The molecule has 2 N–H and O–H groups in total. The number of hydrogen-bond acceptors (Lipinski definition) is 3. The van der Waals surface area contributed by atoms with Crippen LogP contribution < -0.4 is 10.6 Å². The third-order valence-electron chi connectivity index (χ3n) is 3.00. The number of methoxy groups -OCH3 is 1. The van der Waals surface area contributed by atoms with E-state index < -0.39 is 5.82 Å². The second kappa shape index (κ2) is 6.85. The number of nitrogens with one attached hydrogen (secondary N) is 2.